The van der Waals surface area contributed by atoms with Crippen LogP contribution in [0.15, 0.2) is 17.5 Å². The molecule has 18 heavy (non-hydrogen) atoms. The second kappa shape index (κ2) is 7.24. The lowest BCUT2D eigenvalue weighted by Gasteiger charge is -2.28. The van der Waals surface area contributed by atoms with Gasteiger partial charge in [-0.15, -0.1) is 11.3 Å². The standard InChI is InChI=1S/C14H24N2OS/c1-12(10-14-4-3-9-18-14)16(2)7-5-13-11-15-6-8-17-13/h3-4,9,12-13,15H,5-8,10-11H2,1-2H3. The molecule has 1 aromatic heterocycles. The highest BCUT2D eigenvalue weighted by Gasteiger charge is 2.16. The number of morpholine rings is 1. The molecule has 0 radical (unpaired) electrons. The van der Waals surface area contributed by atoms with E-state index in [1.165, 1.54) is 4.88 Å². The van der Waals surface area contributed by atoms with Crippen LogP contribution in [0.25, 0.3) is 0 Å². The fourth-order valence-corrected chi connectivity index (χ4v) is 3.08. The number of nitrogens with one attached hydrogen (secondary N) is 1. The second-order valence-corrected chi connectivity index (χ2v) is 6.13. The van der Waals surface area contributed by atoms with E-state index in [0.717, 1.165) is 39.1 Å². The summed E-state index contributed by atoms with van der Waals surface area (Å²) in [6.07, 6.45) is 2.67. The summed E-state index contributed by atoms with van der Waals surface area (Å²) in [4.78, 5) is 3.92. The first-order valence-corrected chi connectivity index (χ1v) is 7.68. The summed E-state index contributed by atoms with van der Waals surface area (Å²) in [6, 6.07) is 4.96. The topological polar surface area (TPSA) is 24.5 Å². The van der Waals surface area contributed by atoms with Crippen LogP contribution in [0.2, 0.25) is 0 Å². The Morgan fingerprint density at radius 1 is 1.61 bits per heavy atom. The molecule has 1 saturated heterocycles. The van der Waals surface area contributed by atoms with Crippen LogP contribution in [-0.4, -0.2) is 50.3 Å². The summed E-state index contributed by atoms with van der Waals surface area (Å²) >= 11 is 1.85. The van der Waals surface area contributed by atoms with Gasteiger partial charge in [0.25, 0.3) is 0 Å². The highest BCUT2D eigenvalue weighted by molar-refractivity contribution is 7.09. The Bertz CT molecular complexity index is 323. The van der Waals surface area contributed by atoms with Gasteiger partial charge in [-0.05, 0) is 38.3 Å². The molecule has 0 saturated carbocycles. The third-order valence-corrected chi connectivity index (χ3v) is 4.54. The SMILES string of the molecule is CC(Cc1cccs1)N(C)CCC1CNCCO1. The number of thiophene rings is 1. The van der Waals surface area contributed by atoms with Crippen molar-refractivity contribution in [3.8, 4) is 0 Å². The average Bonchev–Trinajstić information content (AvgIpc) is 2.90. The Labute approximate surface area is 114 Å². The van der Waals surface area contributed by atoms with Crippen molar-refractivity contribution in [2.24, 2.45) is 0 Å². The minimum Gasteiger partial charge on any atom is -0.376 e. The van der Waals surface area contributed by atoms with Crippen LogP contribution in [0.4, 0.5) is 0 Å². The normalized spacial score (nSPS) is 22.3. The van der Waals surface area contributed by atoms with E-state index in [1.807, 2.05) is 11.3 Å². The van der Waals surface area contributed by atoms with Gasteiger partial charge in [-0.3, -0.25) is 0 Å². The van der Waals surface area contributed by atoms with E-state index in [-0.39, 0.29) is 0 Å². The van der Waals surface area contributed by atoms with Gasteiger partial charge in [0.2, 0.25) is 0 Å². The molecular weight excluding hydrogens is 244 g/mol. The Kier molecular flexibility index (Phi) is 5.63. The van der Waals surface area contributed by atoms with Crippen molar-refractivity contribution in [2.75, 3.05) is 33.3 Å². The number of hydrogen-bond donors (Lipinski definition) is 1. The predicted octanol–water partition coefficient (Wildman–Crippen LogP) is 1.99. The first-order chi connectivity index (χ1) is 8.75. The van der Waals surface area contributed by atoms with Crippen molar-refractivity contribution < 1.29 is 4.74 Å². The maximum absolute atomic E-state index is 5.73. The fraction of sp³-hybridized carbons (Fsp3) is 0.714. The molecule has 1 fully saturated rings. The van der Waals surface area contributed by atoms with E-state index in [9.17, 15) is 0 Å². The number of hydrogen-bond acceptors (Lipinski definition) is 4. The molecule has 1 aliphatic rings. The van der Waals surface area contributed by atoms with Crippen molar-refractivity contribution in [1.29, 1.82) is 0 Å². The molecule has 3 nitrogen and oxygen atoms in total. The lowest BCUT2D eigenvalue weighted by atomic mass is 10.1. The van der Waals surface area contributed by atoms with Gasteiger partial charge < -0.3 is 15.0 Å². The molecule has 4 heteroatoms. The fourth-order valence-electron chi connectivity index (χ4n) is 2.25. The number of nitrogens with zero attached hydrogens (tertiary/aromatic N) is 1. The third kappa shape index (κ3) is 4.35. The molecule has 0 aromatic carbocycles. The lowest BCUT2D eigenvalue weighted by molar-refractivity contribution is 0.0169. The number of likely N-dealkylation sites (N-methyl/N-ethyl adjacent to an activating group) is 1. The molecule has 2 rings (SSSR count). The van der Waals surface area contributed by atoms with Gasteiger partial charge in [0.05, 0.1) is 12.7 Å². The van der Waals surface area contributed by atoms with Gasteiger partial charge >= 0.3 is 0 Å². The quantitative estimate of drug-likeness (QED) is 0.854. The van der Waals surface area contributed by atoms with Crippen molar-refractivity contribution in [1.82, 2.24) is 10.2 Å². The maximum atomic E-state index is 5.73. The average molecular weight is 268 g/mol. The van der Waals surface area contributed by atoms with Gasteiger partial charge in [0.15, 0.2) is 0 Å². The molecule has 1 N–H and O–H groups in total. The van der Waals surface area contributed by atoms with Crippen LogP contribution in [0, 0.1) is 0 Å². The van der Waals surface area contributed by atoms with Crippen LogP contribution in [0.5, 0.6) is 0 Å². The third-order valence-electron chi connectivity index (χ3n) is 3.64. The van der Waals surface area contributed by atoms with Crippen LogP contribution in [-0.2, 0) is 11.2 Å². The van der Waals surface area contributed by atoms with E-state index in [0.29, 0.717) is 12.1 Å². The zero-order valence-electron chi connectivity index (χ0n) is 11.4. The minimum absolute atomic E-state index is 0.398. The molecule has 0 bridgehead atoms. The summed E-state index contributed by atoms with van der Waals surface area (Å²) in [5.41, 5.74) is 0. The van der Waals surface area contributed by atoms with E-state index >= 15 is 0 Å². The van der Waals surface area contributed by atoms with Gasteiger partial charge in [0.1, 0.15) is 0 Å². The molecule has 0 aliphatic carbocycles. The second-order valence-electron chi connectivity index (χ2n) is 5.10. The van der Waals surface area contributed by atoms with Crippen molar-refractivity contribution >= 4 is 11.3 Å². The lowest BCUT2D eigenvalue weighted by Crippen LogP contribution is -2.41. The Morgan fingerprint density at radius 3 is 3.17 bits per heavy atom. The summed E-state index contributed by atoms with van der Waals surface area (Å²) in [7, 11) is 2.22. The summed E-state index contributed by atoms with van der Waals surface area (Å²) in [5.74, 6) is 0. The molecule has 2 heterocycles. The Morgan fingerprint density at radius 2 is 2.50 bits per heavy atom. The minimum atomic E-state index is 0.398. The van der Waals surface area contributed by atoms with Gasteiger partial charge in [-0.25, -0.2) is 0 Å². The van der Waals surface area contributed by atoms with Gasteiger partial charge in [-0.2, -0.15) is 0 Å². The van der Waals surface area contributed by atoms with E-state index in [2.05, 4.69) is 41.7 Å². The summed E-state index contributed by atoms with van der Waals surface area (Å²) < 4.78 is 5.73. The summed E-state index contributed by atoms with van der Waals surface area (Å²) in [5, 5.41) is 5.54. The number of rotatable bonds is 6. The molecular formula is C14H24N2OS. The molecule has 2 unspecified atom stereocenters. The van der Waals surface area contributed by atoms with Gasteiger partial charge in [0, 0.05) is 30.6 Å². The largest absolute Gasteiger partial charge is 0.376 e. The highest BCUT2D eigenvalue weighted by Crippen LogP contribution is 2.14. The molecule has 102 valence electrons. The zero-order valence-corrected chi connectivity index (χ0v) is 12.2. The predicted molar refractivity (Wildman–Crippen MR) is 77.3 cm³/mol. The summed E-state index contributed by atoms with van der Waals surface area (Å²) in [6.45, 7) is 6.28. The molecule has 0 spiro atoms. The van der Waals surface area contributed by atoms with Crippen LogP contribution >= 0.6 is 11.3 Å². The maximum Gasteiger partial charge on any atom is 0.0712 e. The Hall–Kier alpha value is -0.420. The molecule has 1 aliphatic heterocycles. The highest BCUT2D eigenvalue weighted by atomic mass is 32.1. The smallest absolute Gasteiger partial charge is 0.0712 e. The van der Waals surface area contributed by atoms with Gasteiger partial charge in [-0.1, -0.05) is 6.07 Å². The van der Waals surface area contributed by atoms with E-state index in [1.54, 1.807) is 0 Å². The molecule has 0 amide bonds. The molecule has 2 atom stereocenters. The van der Waals surface area contributed by atoms with Crippen LogP contribution in [0.3, 0.4) is 0 Å². The molecule has 1 aromatic rings. The van der Waals surface area contributed by atoms with Crippen molar-refractivity contribution in [3.05, 3.63) is 22.4 Å². The zero-order chi connectivity index (χ0) is 12.8. The van der Waals surface area contributed by atoms with E-state index in [4.69, 9.17) is 4.74 Å². The first-order valence-electron chi connectivity index (χ1n) is 6.80. The number of ether oxygens (including phenoxy) is 1. The van der Waals surface area contributed by atoms with Crippen LogP contribution in [0.1, 0.15) is 18.2 Å². The Balaban J connectivity index is 1.68. The van der Waals surface area contributed by atoms with Crippen molar-refractivity contribution in [3.63, 3.8) is 0 Å². The van der Waals surface area contributed by atoms with Crippen molar-refractivity contribution in [2.45, 2.75) is 31.9 Å². The first kappa shape index (κ1) is 14.0. The van der Waals surface area contributed by atoms with E-state index < -0.39 is 0 Å². The monoisotopic (exact) mass is 268 g/mol. The van der Waals surface area contributed by atoms with Crippen LogP contribution < -0.4 is 5.32 Å².